The minimum absolute atomic E-state index is 0.0362. The second kappa shape index (κ2) is 46.8. The minimum atomic E-state index is -4.64. The Balaban J connectivity index is 4.27. The van der Waals surface area contributed by atoms with E-state index in [9.17, 15) is 19.0 Å². The van der Waals surface area contributed by atoms with E-state index in [-0.39, 0.29) is 32.0 Å². The molecule has 0 rings (SSSR count). The fourth-order valence-corrected chi connectivity index (χ4v) is 7.94. The summed E-state index contributed by atoms with van der Waals surface area (Å²) in [6, 6.07) is 0. The molecular formula is C55H100NO8P. The van der Waals surface area contributed by atoms with Crippen molar-refractivity contribution in [1.82, 2.24) is 0 Å². The van der Waals surface area contributed by atoms with Crippen LogP contribution >= 0.6 is 7.82 Å². The summed E-state index contributed by atoms with van der Waals surface area (Å²) in [5, 5.41) is 0. The van der Waals surface area contributed by atoms with Gasteiger partial charge in [-0.05, 0) is 57.8 Å². The average Bonchev–Trinajstić information content (AvgIpc) is 3.26. The zero-order valence-electron chi connectivity index (χ0n) is 42.7. The predicted molar refractivity (Wildman–Crippen MR) is 273 cm³/mol. The lowest BCUT2D eigenvalue weighted by molar-refractivity contribution is -0.870. The number of carbonyl (C=O) groups is 2. The Bertz CT molecular complexity index is 1290. The van der Waals surface area contributed by atoms with E-state index < -0.39 is 26.5 Å². The summed E-state index contributed by atoms with van der Waals surface area (Å²) in [7, 11) is 1.15. The highest BCUT2D eigenvalue weighted by Gasteiger charge is 2.21. The van der Waals surface area contributed by atoms with Crippen molar-refractivity contribution in [3.05, 3.63) is 60.8 Å². The van der Waals surface area contributed by atoms with Gasteiger partial charge in [0.25, 0.3) is 7.82 Å². The van der Waals surface area contributed by atoms with Gasteiger partial charge in [-0.2, -0.15) is 0 Å². The van der Waals surface area contributed by atoms with Crippen molar-refractivity contribution in [2.75, 3.05) is 47.5 Å². The van der Waals surface area contributed by atoms with Gasteiger partial charge >= 0.3 is 11.9 Å². The molecule has 0 aliphatic heterocycles. The number of phosphoric ester groups is 1. The number of hydrogen-bond acceptors (Lipinski definition) is 8. The van der Waals surface area contributed by atoms with Crippen LogP contribution in [0.3, 0.4) is 0 Å². The van der Waals surface area contributed by atoms with Crippen molar-refractivity contribution < 1.29 is 42.1 Å². The number of allylic oxidation sites excluding steroid dienone is 10. The van der Waals surface area contributed by atoms with Gasteiger partial charge < -0.3 is 27.9 Å². The number of ether oxygens (including phenoxy) is 2. The number of carbonyl (C=O) groups excluding carboxylic acids is 2. The molecule has 2 unspecified atom stereocenters. The van der Waals surface area contributed by atoms with Gasteiger partial charge in [-0.25, -0.2) is 0 Å². The number of quaternary nitrogens is 1. The molecule has 0 saturated carbocycles. The molecule has 0 aromatic heterocycles. The van der Waals surface area contributed by atoms with Crippen LogP contribution in [-0.4, -0.2) is 70.0 Å². The molecule has 0 aliphatic rings. The topological polar surface area (TPSA) is 111 Å². The first-order valence-corrected chi connectivity index (χ1v) is 28.0. The predicted octanol–water partition coefficient (Wildman–Crippen LogP) is 15.3. The molecule has 378 valence electrons. The lowest BCUT2D eigenvalue weighted by Crippen LogP contribution is -2.37. The maximum atomic E-state index is 12.8. The van der Waals surface area contributed by atoms with E-state index in [0.717, 1.165) is 83.5 Å². The van der Waals surface area contributed by atoms with E-state index in [1.165, 1.54) is 109 Å². The highest BCUT2D eigenvalue weighted by molar-refractivity contribution is 7.45. The van der Waals surface area contributed by atoms with Crippen molar-refractivity contribution in [2.45, 2.75) is 232 Å². The monoisotopic (exact) mass is 934 g/mol. The van der Waals surface area contributed by atoms with Gasteiger partial charge in [0.05, 0.1) is 27.7 Å². The lowest BCUT2D eigenvalue weighted by atomic mass is 10.0. The maximum absolute atomic E-state index is 12.8. The molecule has 0 saturated heterocycles. The molecule has 65 heavy (non-hydrogen) atoms. The zero-order valence-corrected chi connectivity index (χ0v) is 43.6. The maximum Gasteiger partial charge on any atom is 0.306 e. The fourth-order valence-electron chi connectivity index (χ4n) is 7.21. The van der Waals surface area contributed by atoms with Crippen LogP contribution in [0.2, 0.25) is 0 Å². The molecule has 0 heterocycles. The quantitative estimate of drug-likeness (QED) is 0.0195. The Hall–Kier alpha value is -2.29. The first kappa shape index (κ1) is 62.7. The van der Waals surface area contributed by atoms with E-state index >= 15 is 0 Å². The average molecular weight is 934 g/mol. The number of likely N-dealkylation sites (N-methyl/N-ethyl adjacent to an activating group) is 1. The smallest absolute Gasteiger partial charge is 0.306 e. The molecule has 0 fully saturated rings. The Kier molecular flexibility index (Phi) is 45.2. The summed E-state index contributed by atoms with van der Waals surface area (Å²) in [6.07, 6.45) is 58.2. The van der Waals surface area contributed by atoms with E-state index in [2.05, 4.69) is 74.6 Å². The van der Waals surface area contributed by atoms with Crippen LogP contribution in [0, 0.1) is 0 Å². The first-order valence-electron chi connectivity index (χ1n) is 26.5. The van der Waals surface area contributed by atoms with Crippen LogP contribution in [-0.2, 0) is 32.7 Å². The van der Waals surface area contributed by atoms with Gasteiger partial charge in [0.15, 0.2) is 6.10 Å². The van der Waals surface area contributed by atoms with Crippen LogP contribution in [0.25, 0.3) is 0 Å². The van der Waals surface area contributed by atoms with Gasteiger partial charge in [0.1, 0.15) is 19.8 Å². The summed E-state index contributed by atoms with van der Waals surface area (Å²) in [5.74, 6) is -0.850. The summed E-state index contributed by atoms with van der Waals surface area (Å²) >= 11 is 0. The first-order chi connectivity index (χ1) is 31.5. The molecule has 2 atom stereocenters. The van der Waals surface area contributed by atoms with Crippen molar-refractivity contribution in [2.24, 2.45) is 0 Å². The Morgan fingerprint density at radius 3 is 1.31 bits per heavy atom. The third-order valence-corrected chi connectivity index (χ3v) is 12.3. The molecule has 0 aromatic carbocycles. The van der Waals surface area contributed by atoms with E-state index in [4.69, 9.17) is 18.5 Å². The molecule has 0 N–H and O–H groups in total. The number of rotatable bonds is 48. The second-order valence-corrected chi connectivity index (χ2v) is 20.3. The Labute approximate surface area is 400 Å². The molecule has 9 nitrogen and oxygen atoms in total. The van der Waals surface area contributed by atoms with Gasteiger partial charge in [0.2, 0.25) is 0 Å². The lowest BCUT2D eigenvalue weighted by Gasteiger charge is -2.28. The third-order valence-electron chi connectivity index (χ3n) is 11.3. The normalized spacial score (nSPS) is 13.9. The van der Waals surface area contributed by atoms with Crippen LogP contribution in [0.5, 0.6) is 0 Å². The number of unbranched alkanes of at least 4 members (excludes halogenated alkanes) is 24. The molecule has 0 radical (unpaired) electrons. The molecule has 0 spiro atoms. The van der Waals surface area contributed by atoms with Gasteiger partial charge in [-0.15, -0.1) is 0 Å². The molecule has 0 bridgehead atoms. The van der Waals surface area contributed by atoms with Gasteiger partial charge in [-0.1, -0.05) is 216 Å². The van der Waals surface area contributed by atoms with Crippen molar-refractivity contribution in [3.63, 3.8) is 0 Å². The molecule has 0 aromatic rings. The zero-order chi connectivity index (χ0) is 47.8. The Morgan fingerprint density at radius 2 is 0.877 bits per heavy atom. The van der Waals surface area contributed by atoms with Crippen LogP contribution in [0.1, 0.15) is 226 Å². The molecule has 0 amide bonds. The van der Waals surface area contributed by atoms with E-state index in [0.29, 0.717) is 17.4 Å². The minimum Gasteiger partial charge on any atom is -0.756 e. The summed E-state index contributed by atoms with van der Waals surface area (Å²) < 4.78 is 34.1. The number of phosphoric acid groups is 1. The third kappa shape index (κ3) is 51.0. The summed E-state index contributed by atoms with van der Waals surface area (Å²) in [6.45, 7) is 4.12. The van der Waals surface area contributed by atoms with Gasteiger partial charge in [-0.3, -0.25) is 14.2 Å². The van der Waals surface area contributed by atoms with Crippen LogP contribution in [0.4, 0.5) is 0 Å². The largest absolute Gasteiger partial charge is 0.756 e. The van der Waals surface area contributed by atoms with Crippen molar-refractivity contribution >= 4 is 19.8 Å². The van der Waals surface area contributed by atoms with Gasteiger partial charge in [0, 0.05) is 12.8 Å². The van der Waals surface area contributed by atoms with Crippen LogP contribution < -0.4 is 4.89 Å². The van der Waals surface area contributed by atoms with E-state index in [1.54, 1.807) is 0 Å². The molecular weight excluding hydrogens is 834 g/mol. The molecule has 0 aliphatic carbocycles. The fraction of sp³-hybridized carbons (Fsp3) is 0.782. The van der Waals surface area contributed by atoms with Crippen molar-refractivity contribution in [3.8, 4) is 0 Å². The Morgan fingerprint density at radius 1 is 0.492 bits per heavy atom. The van der Waals surface area contributed by atoms with Crippen LogP contribution in [0.15, 0.2) is 60.8 Å². The highest BCUT2D eigenvalue weighted by atomic mass is 31.2. The highest BCUT2D eigenvalue weighted by Crippen LogP contribution is 2.38. The number of hydrogen-bond donors (Lipinski definition) is 0. The summed E-state index contributed by atoms with van der Waals surface area (Å²) in [5.41, 5.74) is 0. The van der Waals surface area contributed by atoms with Crippen molar-refractivity contribution in [1.29, 1.82) is 0 Å². The SMILES string of the molecule is CC/C=C\C/C=C\C/C=C\C/C=C\C/C=C\CCCCCCCC(=O)OC(COC(=O)CCCCCCCCCCCCCCCCCCCCCC)COP(=O)([O-])OCC[N+](C)(C)C. The standard InChI is InChI=1S/C55H100NO8P/c1-6-8-10-12-14-16-18-20-22-24-26-28-30-32-34-36-38-40-42-44-46-48-55(58)64-53(52-63-65(59,60)62-50-49-56(3,4)5)51-61-54(57)47-45-43-41-39-37-35-33-31-29-27-25-23-21-19-17-15-13-11-9-7-2/h8,10,14,16,20,22,26,28,32,34,53H,6-7,9,11-13,15,17-19,21,23-25,27,29-31,33,35-52H2,1-5H3/b10-8-,16-14-,22-20-,28-26-,34-32-. The second-order valence-electron chi connectivity index (χ2n) is 18.9. The summed E-state index contributed by atoms with van der Waals surface area (Å²) in [4.78, 5) is 37.8. The molecule has 10 heteroatoms. The number of nitrogens with zero attached hydrogens (tertiary/aromatic N) is 1. The van der Waals surface area contributed by atoms with E-state index in [1.807, 2.05) is 21.1 Å². The number of esters is 2.